The van der Waals surface area contributed by atoms with Crippen molar-refractivity contribution in [2.75, 3.05) is 19.6 Å². The molecule has 0 saturated carbocycles. The third kappa shape index (κ3) is 2.39. The highest BCUT2D eigenvalue weighted by Gasteiger charge is 2.12. The van der Waals surface area contributed by atoms with Gasteiger partial charge < -0.3 is 5.32 Å². The fourth-order valence-corrected chi connectivity index (χ4v) is 1.50. The maximum Gasteiger partial charge on any atom is 0.0209 e. The first-order valence-electron chi connectivity index (χ1n) is 3.44. The summed E-state index contributed by atoms with van der Waals surface area (Å²) >= 11 is 2.40. The van der Waals surface area contributed by atoms with Crippen LogP contribution < -0.4 is 5.32 Å². The second-order valence-corrected chi connectivity index (χ2v) is 3.75. The molecule has 0 unspecified atom stereocenters. The van der Waals surface area contributed by atoms with E-state index in [1.54, 1.807) is 0 Å². The van der Waals surface area contributed by atoms with Crippen LogP contribution in [0, 0.1) is 0 Å². The second-order valence-electron chi connectivity index (χ2n) is 2.51. The van der Waals surface area contributed by atoms with Gasteiger partial charge in [-0.3, -0.25) is 0 Å². The Morgan fingerprint density at radius 3 is 3.11 bits per heavy atom. The van der Waals surface area contributed by atoms with Gasteiger partial charge >= 0.3 is 0 Å². The third-order valence-electron chi connectivity index (χ3n) is 1.72. The van der Waals surface area contributed by atoms with Crippen molar-refractivity contribution in [3.05, 3.63) is 0 Å². The maximum absolute atomic E-state index is 3.36. The Bertz CT molecular complexity index is 77.1. The van der Waals surface area contributed by atoms with Crippen molar-refractivity contribution in [1.82, 2.24) is 8.43 Å². The minimum absolute atomic E-state index is 0.751. The summed E-state index contributed by atoms with van der Waals surface area (Å²) in [5.74, 6) is 0. The zero-order valence-corrected chi connectivity index (χ0v) is 7.89. The van der Waals surface area contributed by atoms with Crippen molar-refractivity contribution in [1.29, 1.82) is 0 Å². The Hall–Kier alpha value is 0.650. The molecule has 0 radical (unpaired) electrons. The zero-order valence-electron chi connectivity index (χ0n) is 5.73. The van der Waals surface area contributed by atoms with Crippen molar-refractivity contribution in [3.8, 4) is 0 Å². The number of nitrogens with zero attached hydrogens (tertiary/aromatic N) is 1. The first-order valence-corrected chi connectivity index (χ1v) is 4.40. The van der Waals surface area contributed by atoms with Crippen LogP contribution in [-0.2, 0) is 0 Å². The lowest BCUT2D eigenvalue weighted by molar-refractivity contribution is 0.423. The molecule has 1 heterocycles. The number of halogens is 1. The van der Waals surface area contributed by atoms with Crippen LogP contribution in [0.3, 0.4) is 0 Å². The highest BCUT2D eigenvalue weighted by Crippen LogP contribution is 2.10. The van der Waals surface area contributed by atoms with Crippen LogP contribution in [0.25, 0.3) is 0 Å². The summed E-state index contributed by atoms with van der Waals surface area (Å²) in [5, 5.41) is 3.36. The van der Waals surface area contributed by atoms with Crippen LogP contribution in [0.2, 0.25) is 0 Å². The van der Waals surface area contributed by atoms with E-state index in [4.69, 9.17) is 0 Å². The normalized spacial score (nSPS) is 32.0. The molecule has 1 fully saturated rings. The summed E-state index contributed by atoms with van der Waals surface area (Å²) in [6.45, 7) is 5.79. The predicted molar refractivity (Wildman–Crippen MR) is 47.7 cm³/mol. The minimum atomic E-state index is 0.751. The molecule has 1 atom stereocenters. The SMILES string of the molecule is C[C@H]1CCNCCN1I. The molecule has 1 aliphatic rings. The first kappa shape index (κ1) is 7.75. The average Bonchev–Trinajstić information content (AvgIpc) is 1.99. The van der Waals surface area contributed by atoms with Gasteiger partial charge in [-0.15, -0.1) is 0 Å². The Labute approximate surface area is 70.5 Å². The smallest absolute Gasteiger partial charge is 0.0209 e. The van der Waals surface area contributed by atoms with Gasteiger partial charge in [0.05, 0.1) is 0 Å². The van der Waals surface area contributed by atoms with Gasteiger partial charge in [0, 0.05) is 42.0 Å². The van der Waals surface area contributed by atoms with Crippen LogP contribution in [-0.4, -0.2) is 28.8 Å². The topological polar surface area (TPSA) is 15.3 Å². The lowest BCUT2D eigenvalue weighted by atomic mass is 10.2. The molecule has 9 heavy (non-hydrogen) atoms. The predicted octanol–water partition coefficient (Wildman–Crippen LogP) is 1.02. The van der Waals surface area contributed by atoms with Gasteiger partial charge in [0.15, 0.2) is 0 Å². The van der Waals surface area contributed by atoms with Gasteiger partial charge in [-0.25, -0.2) is 3.11 Å². The Morgan fingerprint density at radius 1 is 1.56 bits per heavy atom. The van der Waals surface area contributed by atoms with E-state index in [1.165, 1.54) is 19.5 Å². The summed E-state index contributed by atoms with van der Waals surface area (Å²) in [4.78, 5) is 0. The van der Waals surface area contributed by atoms with Crippen LogP contribution in [0.4, 0.5) is 0 Å². The van der Waals surface area contributed by atoms with Crippen molar-refractivity contribution in [2.45, 2.75) is 19.4 Å². The summed E-state index contributed by atoms with van der Waals surface area (Å²) in [7, 11) is 0. The molecule has 1 rings (SSSR count). The first-order chi connectivity index (χ1) is 4.30. The van der Waals surface area contributed by atoms with Gasteiger partial charge in [0.1, 0.15) is 0 Å². The molecule has 0 amide bonds. The van der Waals surface area contributed by atoms with Crippen molar-refractivity contribution in [2.24, 2.45) is 0 Å². The van der Waals surface area contributed by atoms with E-state index < -0.39 is 0 Å². The molecule has 3 heteroatoms. The fraction of sp³-hybridized carbons (Fsp3) is 1.00. The summed E-state index contributed by atoms with van der Waals surface area (Å²) < 4.78 is 2.37. The van der Waals surface area contributed by atoms with Gasteiger partial charge in [-0.05, 0) is 19.9 Å². The molecule has 0 aromatic heterocycles. The van der Waals surface area contributed by atoms with Crippen molar-refractivity contribution >= 4 is 22.9 Å². The standard InChI is InChI=1S/C6H13IN2/c1-6-2-3-8-4-5-9(6)7/h6,8H,2-5H2,1H3/t6-/m0/s1. The number of hydrogen-bond donors (Lipinski definition) is 1. The van der Waals surface area contributed by atoms with E-state index in [0.717, 1.165) is 12.6 Å². The lowest BCUT2D eigenvalue weighted by Gasteiger charge is -2.17. The van der Waals surface area contributed by atoms with Crippen LogP contribution >= 0.6 is 22.9 Å². The molecule has 0 aromatic rings. The van der Waals surface area contributed by atoms with Crippen LogP contribution in [0.1, 0.15) is 13.3 Å². The fourth-order valence-electron chi connectivity index (χ4n) is 0.982. The third-order valence-corrected chi connectivity index (χ3v) is 3.15. The molecular weight excluding hydrogens is 227 g/mol. The van der Waals surface area contributed by atoms with Crippen LogP contribution in [0.15, 0.2) is 0 Å². The largest absolute Gasteiger partial charge is 0.315 e. The molecule has 0 spiro atoms. The van der Waals surface area contributed by atoms with E-state index in [0.29, 0.717) is 0 Å². The summed E-state index contributed by atoms with van der Waals surface area (Å²) in [5.41, 5.74) is 0. The van der Waals surface area contributed by atoms with E-state index in [2.05, 4.69) is 38.2 Å². The Kier molecular flexibility index (Phi) is 3.21. The number of hydrogen-bond acceptors (Lipinski definition) is 2. The molecular formula is C6H13IN2. The van der Waals surface area contributed by atoms with E-state index in [9.17, 15) is 0 Å². The van der Waals surface area contributed by atoms with Crippen molar-refractivity contribution < 1.29 is 0 Å². The zero-order chi connectivity index (χ0) is 6.69. The highest BCUT2D eigenvalue weighted by atomic mass is 127. The number of rotatable bonds is 0. The van der Waals surface area contributed by atoms with Gasteiger partial charge in [-0.2, -0.15) is 0 Å². The molecule has 1 aliphatic heterocycles. The minimum Gasteiger partial charge on any atom is -0.315 e. The lowest BCUT2D eigenvalue weighted by Crippen LogP contribution is -2.24. The molecule has 1 saturated heterocycles. The van der Waals surface area contributed by atoms with E-state index in [1.807, 2.05) is 0 Å². The van der Waals surface area contributed by atoms with E-state index in [-0.39, 0.29) is 0 Å². The quantitative estimate of drug-likeness (QED) is 0.502. The molecule has 54 valence electrons. The Balaban J connectivity index is 2.32. The molecule has 0 aliphatic carbocycles. The molecule has 0 bridgehead atoms. The molecule has 1 N–H and O–H groups in total. The summed E-state index contributed by atoms with van der Waals surface area (Å²) in [6.07, 6.45) is 1.28. The number of nitrogens with one attached hydrogen (secondary N) is 1. The molecule has 2 nitrogen and oxygen atoms in total. The van der Waals surface area contributed by atoms with Crippen LogP contribution in [0.5, 0.6) is 0 Å². The average molecular weight is 240 g/mol. The van der Waals surface area contributed by atoms with Gasteiger partial charge in [-0.1, -0.05) is 0 Å². The highest BCUT2D eigenvalue weighted by molar-refractivity contribution is 14.1. The monoisotopic (exact) mass is 240 g/mol. The summed E-state index contributed by atoms with van der Waals surface area (Å²) in [6, 6.07) is 0.751. The maximum atomic E-state index is 3.36. The van der Waals surface area contributed by atoms with Crippen molar-refractivity contribution in [3.63, 3.8) is 0 Å². The second kappa shape index (κ2) is 3.73. The molecule has 0 aromatic carbocycles. The van der Waals surface area contributed by atoms with E-state index >= 15 is 0 Å². The van der Waals surface area contributed by atoms with Gasteiger partial charge in [0.2, 0.25) is 0 Å². The Morgan fingerprint density at radius 2 is 2.33 bits per heavy atom. The van der Waals surface area contributed by atoms with Gasteiger partial charge in [0.25, 0.3) is 0 Å².